The summed E-state index contributed by atoms with van der Waals surface area (Å²) < 4.78 is 0. The van der Waals surface area contributed by atoms with Crippen molar-refractivity contribution in [2.24, 2.45) is 0 Å². The van der Waals surface area contributed by atoms with Gasteiger partial charge in [-0.3, -0.25) is 0 Å². The maximum atomic E-state index is 0. The molecule has 0 rings (SSSR count). The van der Waals surface area contributed by atoms with Crippen molar-refractivity contribution >= 4 is 0 Å². The van der Waals surface area contributed by atoms with Gasteiger partial charge in [0, 0.05) is 0 Å². The summed E-state index contributed by atoms with van der Waals surface area (Å²) in [6.45, 7) is 0. The van der Waals surface area contributed by atoms with Crippen LogP contribution in [-0.4, -0.2) is 0 Å². The minimum Gasteiger partial charge on any atom is -2.00 e. The van der Waals surface area contributed by atoms with Gasteiger partial charge in [-0.25, -0.2) is 0 Å². The van der Waals surface area contributed by atoms with E-state index in [0.717, 1.165) is 0 Å². The Morgan fingerprint density at radius 3 is 0.500 bits per heavy atom. The first-order chi connectivity index (χ1) is 0. The summed E-state index contributed by atoms with van der Waals surface area (Å²) in [6.07, 6.45) is 0. The van der Waals surface area contributed by atoms with Gasteiger partial charge < -0.3 is 22.6 Å². The Hall–Kier alpha value is 2.05. The third-order valence-corrected chi connectivity index (χ3v) is 0. The topological polar surface area (TPSA) is 120 Å². The zero-order valence-electron chi connectivity index (χ0n) is 3.09. The van der Waals surface area contributed by atoms with Crippen LogP contribution in [0.25, 0.3) is 0 Å². The van der Waals surface area contributed by atoms with Gasteiger partial charge in [0.25, 0.3) is 0 Å². The predicted octanol–water partition coefficient (Wildman–Crippen LogP) is -0.199. The third-order valence-electron chi connectivity index (χ3n) is 0. The van der Waals surface area contributed by atoms with Gasteiger partial charge >= 0.3 is 65.4 Å². The normalized spacial score (nSPS) is 0. The van der Waals surface area contributed by atoms with Gasteiger partial charge in [-0.15, -0.1) is 0 Å². The molecule has 0 aromatic rings. The molecule has 0 bridgehead atoms. The maximum absolute atomic E-state index is 0. The van der Waals surface area contributed by atoms with Crippen molar-refractivity contribution in [1.82, 2.24) is 6.15 Å². The molecule has 0 aliphatic heterocycles. The van der Waals surface area contributed by atoms with Crippen LogP contribution < -0.4 is 6.15 Å². The molecule has 0 radical (unpaired) electrons. The quantitative estimate of drug-likeness (QED) is 0.622. The fourth-order valence-corrected chi connectivity index (χ4v) is 0. The second-order valence-corrected chi connectivity index (χ2v) is 0. The summed E-state index contributed by atoms with van der Waals surface area (Å²) in [5.74, 6) is 0. The molecule has 0 aliphatic carbocycles. The maximum Gasteiger partial charge on any atom is 3.00 e. The molecule has 3 N–H and O–H groups in total. The van der Waals surface area contributed by atoms with E-state index in [-0.39, 0.29) is 88.0 Å². The third kappa shape index (κ3) is 36.7. The van der Waals surface area contributed by atoms with Crippen LogP contribution in [0.5, 0.6) is 0 Å². The zero-order valence-corrected chi connectivity index (χ0v) is 8.76. The van der Waals surface area contributed by atoms with Gasteiger partial charge in [0.05, 0.1) is 0 Å². The van der Waals surface area contributed by atoms with Crippen LogP contribution in [0.2, 0.25) is 0 Å². The van der Waals surface area contributed by atoms with E-state index in [1.54, 1.807) is 0 Å². The van der Waals surface area contributed by atoms with Gasteiger partial charge in [0.2, 0.25) is 0 Å². The molecule has 0 aromatic heterocycles. The Labute approximate surface area is 86.7 Å². The fraction of sp³-hybridized carbons (Fsp3) is 0. The first-order valence-electron chi connectivity index (χ1n) is 0. The molecular weight excluding hydrogens is 240 g/mol. The molecular formula is H3NO3Y2. The second-order valence-electron chi connectivity index (χ2n) is 0. The van der Waals surface area contributed by atoms with E-state index < -0.39 is 0 Å². The largest absolute Gasteiger partial charge is 3.00 e. The Morgan fingerprint density at radius 2 is 0.500 bits per heavy atom. The predicted molar refractivity (Wildman–Crippen MR) is 7.08 cm³/mol. The van der Waals surface area contributed by atoms with E-state index in [0.29, 0.717) is 0 Å². The van der Waals surface area contributed by atoms with Crippen molar-refractivity contribution in [1.29, 1.82) is 0 Å². The van der Waals surface area contributed by atoms with Crippen LogP contribution in [0.1, 0.15) is 0 Å². The summed E-state index contributed by atoms with van der Waals surface area (Å²) in [6, 6.07) is 0. The average Bonchev–Trinajstić information content (AvgIpc) is 0. The van der Waals surface area contributed by atoms with Crippen LogP contribution in [-0.2, 0) is 81.8 Å². The van der Waals surface area contributed by atoms with Gasteiger partial charge in [0.1, 0.15) is 0 Å². The Balaban J connectivity index is 0. The summed E-state index contributed by atoms with van der Waals surface area (Å²) in [4.78, 5) is 0. The fourth-order valence-electron chi connectivity index (χ4n) is 0. The molecule has 0 aliphatic rings. The van der Waals surface area contributed by atoms with Crippen molar-refractivity contribution in [3.8, 4) is 0 Å². The molecule has 0 aromatic carbocycles. The standard InChI is InChI=1S/H3N.3O.2Y/h1H3;;;;;/q;3*-2;2*+3. The van der Waals surface area contributed by atoms with E-state index in [1.807, 2.05) is 0 Å². The summed E-state index contributed by atoms with van der Waals surface area (Å²) in [5.41, 5.74) is 0. The van der Waals surface area contributed by atoms with Crippen LogP contribution in [0, 0.1) is 0 Å². The van der Waals surface area contributed by atoms with E-state index in [2.05, 4.69) is 0 Å². The Bertz CT molecular complexity index is 8.75. The summed E-state index contributed by atoms with van der Waals surface area (Å²) in [5, 5.41) is 0. The molecule has 0 amide bonds. The monoisotopic (exact) mass is 243 g/mol. The smallest absolute Gasteiger partial charge is 2.00 e. The average molecular weight is 243 g/mol. The molecule has 0 saturated carbocycles. The molecule has 6 heteroatoms. The van der Waals surface area contributed by atoms with Crippen LogP contribution >= 0.6 is 0 Å². The Kier molecular flexibility index (Phi) is 977. The van der Waals surface area contributed by atoms with Crippen LogP contribution in [0.4, 0.5) is 0 Å². The van der Waals surface area contributed by atoms with Gasteiger partial charge in [-0.1, -0.05) is 0 Å². The molecule has 0 unspecified atom stereocenters. The molecule has 32 valence electrons. The van der Waals surface area contributed by atoms with Crippen LogP contribution in [0.3, 0.4) is 0 Å². The Morgan fingerprint density at radius 1 is 0.500 bits per heavy atom. The first kappa shape index (κ1) is 95.3. The molecule has 4 nitrogen and oxygen atoms in total. The second kappa shape index (κ2) is 61.5. The molecule has 0 heterocycles. The van der Waals surface area contributed by atoms with Crippen molar-refractivity contribution in [3.63, 3.8) is 0 Å². The van der Waals surface area contributed by atoms with E-state index in [9.17, 15) is 0 Å². The molecule has 0 spiro atoms. The number of rotatable bonds is 0. The first-order valence-corrected chi connectivity index (χ1v) is 0. The van der Waals surface area contributed by atoms with Crippen molar-refractivity contribution in [2.75, 3.05) is 0 Å². The van der Waals surface area contributed by atoms with E-state index in [4.69, 9.17) is 0 Å². The van der Waals surface area contributed by atoms with Gasteiger partial charge in [-0.2, -0.15) is 0 Å². The van der Waals surface area contributed by atoms with E-state index in [1.165, 1.54) is 0 Å². The van der Waals surface area contributed by atoms with Crippen LogP contribution in [0.15, 0.2) is 0 Å². The van der Waals surface area contributed by atoms with Crippen molar-refractivity contribution in [3.05, 3.63) is 0 Å². The van der Waals surface area contributed by atoms with Gasteiger partial charge in [0.15, 0.2) is 0 Å². The summed E-state index contributed by atoms with van der Waals surface area (Å²) in [7, 11) is 0. The number of hydrogen-bond donors (Lipinski definition) is 1. The summed E-state index contributed by atoms with van der Waals surface area (Å²) >= 11 is 0. The molecule has 0 fully saturated rings. The molecule has 6 heavy (non-hydrogen) atoms. The molecule has 0 atom stereocenters. The van der Waals surface area contributed by atoms with Crippen molar-refractivity contribution < 1.29 is 81.8 Å². The minimum atomic E-state index is 0. The zero-order chi connectivity index (χ0) is 0. The number of hydrogen-bond acceptors (Lipinski definition) is 1. The van der Waals surface area contributed by atoms with E-state index >= 15 is 0 Å². The SMILES string of the molecule is N.[O-2].[O-2].[O-2].[Y+3].[Y+3]. The minimum absolute atomic E-state index is 0. The van der Waals surface area contributed by atoms with Gasteiger partial charge in [-0.05, 0) is 0 Å². The molecule has 0 saturated heterocycles. The van der Waals surface area contributed by atoms with Crippen molar-refractivity contribution in [2.45, 2.75) is 0 Å².